The van der Waals surface area contributed by atoms with Crippen molar-refractivity contribution in [1.82, 2.24) is 19.9 Å². The van der Waals surface area contributed by atoms with E-state index in [2.05, 4.69) is 158 Å². The zero-order chi connectivity index (χ0) is 35.8. The van der Waals surface area contributed by atoms with Gasteiger partial charge < -0.3 is 0 Å². The fourth-order valence-electron chi connectivity index (χ4n) is 7.34. The first-order valence-electron chi connectivity index (χ1n) is 18.1. The summed E-state index contributed by atoms with van der Waals surface area (Å²) < 4.78 is 0. The first kappa shape index (κ1) is 31.4. The van der Waals surface area contributed by atoms with Crippen LogP contribution in [0, 0.1) is 0 Å². The number of fused-ring (bicyclic) bond motifs is 4. The minimum atomic E-state index is 0.623. The number of aromatic nitrogens is 4. The Kier molecular flexibility index (Phi) is 7.77. The molecule has 252 valence electrons. The molecule has 4 nitrogen and oxygen atoms in total. The average molecular weight is 689 g/mol. The number of pyridine rings is 1. The van der Waals surface area contributed by atoms with Crippen molar-refractivity contribution in [1.29, 1.82) is 0 Å². The highest BCUT2D eigenvalue weighted by atomic mass is 15.0. The minimum Gasteiger partial charge on any atom is -0.247 e. The third kappa shape index (κ3) is 5.86. The highest BCUT2D eigenvalue weighted by Crippen LogP contribution is 2.37. The van der Waals surface area contributed by atoms with Crippen molar-refractivity contribution in [2.75, 3.05) is 0 Å². The first-order chi connectivity index (χ1) is 26.7. The lowest BCUT2D eigenvalue weighted by atomic mass is 9.95. The fraction of sp³-hybridized carbons (Fsp3) is 0. The quantitative estimate of drug-likeness (QED) is 0.129. The molecule has 0 saturated heterocycles. The molecule has 0 spiro atoms. The largest absolute Gasteiger partial charge is 0.247 e. The summed E-state index contributed by atoms with van der Waals surface area (Å²) in [4.78, 5) is 20.3. The van der Waals surface area contributed by atoms with Crippen molar-refractivity contribution in [3.63, 3.8) is 0 Å². The second-order valence-electron chi connectivity index (χ2n) is 13.5. The molecule has 0 fully saturated rings. The molecular formula is C50H32N4. The topological polar surface area (TPSA) is 51.6 Å². The van der Waals surface area contributed by atoms with Gasteiger partial charge in [-0.15, -0.1) is 0 Å². The van der Waals surface area contributed by atoms with Crippen molar-refractivity contribution in [3.05, 3.63) is 194 Å². The van der Waals surface area contributed by atoms with Crippen molar-refractivity contribution in [2.45, 2.75) is 0 Å². The molecule has 2 heterocycles. The molecular weight excluding hydrogens is 657 g/mol. The van der Waals surface area contributed by atoms with Crippen LogP contribution in [0.15, 0.2) is 194 Å². The molecule has 8 aromatic carbocycles. The second-order valence-corrected chi connectivity index (χ2v) is 13.5. The average Bonchev–Trinajstić information content (AvgIpc) is 3.26. The standard InChI is InChI=1S/C50H32N4/c1-3-13-33(14-4-1)34-25-27-36(28-26-34)49-52-48(35-15-5-2-6-16-35)53-50(54-49)42-22-12-20-38(30-42)37-19-11-21-41(29-37)47-45-32-40-18-8-7-17-39(40)31-44(45)43-23-9-10-24-46(43)51-47/h1-32H. The van der Waals surface area contributed by atoms with Crippen LogP contribution in [0.2, 0.25) is 0 Å². The molecule has 0 aliphatic rings. The van der Waals surface area contributed by atoms with Gasteiger partial charge in [0.15, 0.2) is 17.5 Å². The molecule has 0 atom stereocenters. The zero-order valence-electron chi connectivity index (χ0n) is 29.3. The minimum absolute atomic E-state index is 0.623. The molecule has 0 radical (unpaired) electrons. The Morgan fingerprint density at radius 1 is 0.241 bits per heavy atom. The molecule has 10 aromatic rings. The van der Waals surface area contributed by atoms with Crippen LogP contribution in [0.3, 0.4) is 0 Å². The van der Waals surface area contributed by atoms with E-state index < -0.39 is 0 Å². The molecule has 10 rings (SSSR count). The van der Waals surface area contributed by atoms with E-state index in [1.165, 1.54) is 21.7 Å². The smallest absolute Gasteiger partial charge is 0.164 e. The molecule has 0 aliphatic carbocycles. The Morgan fingerprint density at radius 2 is 0.685 bits per heavy atom. The number of para-hydroxylation sites is 1. The van der Waals surface area contributed by atoms with Crippen molar-refractivity contribution >= 4 is 32.4 Å². The van der Waals surface area contributed by atoms with E-state index in [1.54, 1.807) is 0 Å². The first-order valence-corrected chi connectivity index (χ1v) is 18.1. The van der Waals surface area contributed by atoms with E-state index in [4.69, 9.17) is 19.9 Å². The number of hydrogen-bond donors (Lipinski definition) is 0. The predicted molar refractivity (Wildman–Crippen MR) is 223 cm³/mol. The summed E-state index contributed by atoms with van der Waals surface area (Å²) in [7, 11) is 0. The van der Waals surface area contributed by atoms with Crippen LogP contribution in [0.4, 0.5) is 0 Å². The number of hydrogen-bond acceptors (Lipinski definition) is 4. The lowest BCUT2D eigenvalue weighted by molar-refractivity contribution is 1.07. The predicted octanol–water partition coefficient (Wildman–Crippen LogP) is 12.7. The van der Waals surface area contributed by atoms with Crippen LogP contribution < -0.4 is 0 Å². The van der Waals surface area contributed by atoms with Crippen LogP contribution in [-0.4, -0.2) is 19.9 Å². The van der Waals surface area contributed by atoms with E-state index >= 15 is 0 Å². The van der Waals surface area contributed by atoms with Crippen LogP contribution in [0.5, 0.6) is 0 Å². The van der Waals surface area contributed by atoms with Gasteiger partial charge in [0.1, 0.15) is 0 Å². The van der Waals surface area contributed by atoms with Crippen molar-refractivity contribution in [2.24, 2.45) is 0 Å². The number of rotatable bonds is 6. The molecule has 0 bridgehead atoms. The second kappa shape index (κ2) is 13.4. The monoisotopic (exact) mass is 688 g/mol. The maximum Gasteiger partial charge on any atom is 0.164 e. The van der Waals surface area contributed by atoms with Gasteiger partial charge in [0, 0.05) is 33.0 Å². The van der Waals surface area contributed by atoms with Crippen LogP contribution in [0.25, 0.3) is 100 Å². The summed E-state index contributed by atoms with van der Waals surface area (Å²) in [5.74, 6) is 1.89. The summed E-state index contributed by atoms with van der Waals surface area (Å²) >= 11 is 0. The molecule has 0 aliphatic heterocycles. The van der Waals surface area contributed by atoms with Crippen LogP contribution in [-0.2, 0) is 0 Å². The van der Waals surface area contributed by atoms with Gasteiger partial charge in [0.05, 0.1) is 11.2 Å². The summed E-state index contributed by atoms with van der Waals surface area (Å²) in [6.07, 6.45) is 0. The van der Waals surface area contributed by atoms with Gasteiger partial charge in [0.2, 0.25) is 0 Å². The van der Waals surface area contributed by atoms with Gasteiger partial charge >= 0.3 is 0 Å². The highest BCUT2D eigenvalue weighted by Gasteiger charge is 2.15. The Hall–Kier alpha value is -7.30. The summed E-state index contributed by atoms with van der Waals surface area (Å²) in [5, 5.41) is 5.92. The van der Waals surface area contributed by atoms with Gasteiger partial charge in [-0.05, 0) is 68.7 Å². The fourth-order valence-corrected chi connectivity index (χ4v) is 7.34. The summed E-state index contributed by atoms with van der Waals surface area (Å²) in [6.45, 7) is 0. The Labute approximate surface area is 313 Å². The normalized spacial score (nSPS) is 11.3. The van der Waals surface area contributed by atoms with E-state index in [9.17, 15) is 0 Å². The summed E-state index contributed by atoms with van der Waals surface area (Å²) in [6, 6.07) is 67.6. The molecule has 4 heteroatoms. The van der Waals surface area contributed by atoms with Crippen LogP contribution >= 0.6 is 0 Å². The summed E-state index contributed by atoms with van der Waals surface area (Å²) in [5.41, 5.74) is 10.3. The highest BCUT2D eigenvalue weighted by molar-refractivity contribution is 6.15. The third-order valence-corrected chi connectivity index (χ3v) is 10.1. The Balaban J connectivity index is 1.07. The van der Waals surface area contributed by atoms with Gasteiger partial charge in [-0.2, -0.15) is 0 Å². The number of benzene rings is 8. The van der Waals surface area contributed by atoms with Crippen molar-refractivity contribution in [3.8, 4) is 67.7 Å². The Bertz CT molecular complexity index is 2970. The van der Waals surface area contributed by atoms with Crippen molar-refractivity contribution < 1.29 is 0 Å². The van der Waals surface area contributed by atoms with E-state index in [0.717, 1.165) is 60.9 Å². The lowest BCUT2D eigenvalue weighted by Crippen LogP contribution is -2.00. The SMILES string of the molecule is c1ccc(-c2ccc(-c3nc(-c4ccccc4)nc(-c4cccc(-c5cccc(-c6nc7ccccc7c7cc8ccccc8cc67)c5)c4)n3)cc2)cc1. The molecule has 0 amide bonds. The zero-order valence-corrected chi connectivity index (χ0v) is 29.3. The molecule has 0 N–H and O–H groups in total. The van der Waals surface area contributed by atoms with Crippen LogP contribution in [0.1, 0.15) is 0 Å². The van der Waals surface area contributed by atoms with Gasteiger partial charge in [0.25, 0.3) is 0 Å². The van der Waals surface area contributed by atoms with Gasteiger partial charge in [-0.25, -0.2) is 19.9 Å². The van der Waals surface area contributed by atoms with E-state index in [0.29, 0.717) is 17.5 Å². The Morgan fingerprint density at radius 3 is 1.37 bits per heavy atom. The number of nitrogens with zero attached hydrogens (tertiary/aromatic N) is 4. The lowest BCUT2D eigenvalue weighted by Gasteiger charge is -2.13. The van der Waals surface area contributed by atoms with E-state index in [-0.39, 0.29) is 0 Å². The molecule has 2 aromatic heterocycles. The van der Waals surface area contributed by atoms with E-state index in [1.807, 2.05) is 36.4 Å². The molecule has 0 unspecified atom stereocenters. The maximum absolute atomic E-state index is 5.25. The molecule has 54 heavy (non-hydrogen) atoms. The van der Waals surface area contributed by atoms with Gasteiger partial charge in [-0.3, -0.25) is 0 Å². The molecule has 0 saturated carbocycles. The third-order valence-electron chi connectivity index (χ3n) is 10.1. The maximum atomic E-state index is 5.25. The van der Waals surface area contributed by atoms with Gasteiger partial charge in [-0.1, -0.05) is 164 Å².